The zero-order chi connectivity index (χ0) is 13.6. The second-order valence-electron chi connectivity index (χ2n) is 3.64. The number of hydrogen-bond acceptors (Lipinski definition) is 5. The second-order valence-corrected chi connectivity index (χ2v) is 5.28. The van der Waals surface area contributed by atoms with Gasteiger partial charge in [-0.3, -0.25) is 14.2 Å². The average molecular weight is 313 g/mol. The summed E-state index contributed by atoms with van der Waals surface area (Å²) >= 11 is 12.1. The molecule has 0 aliphatic carbocycles. The molecule has 3 aromatic rings. The fourth-order valence-electron chi connectivity index (χ4n) is 1.65. The van der Waals surface area contributed by atoms with Crippen LogP contribution in [-0.2, 0) is 0 Å². The van der Waals surface area contributed by atoms with Crippen molar-refractivity contribution in [2.45, 2.75) is 0 Å². The van der Waals surface area contributed by atoms with Gasteiger partial charge in [0.2, 0.25) is 0 Å². The summed E-state index contributed by atoms with van der Waals surface area (Å²) in [5, 5.41) is -0.0109. The number of rotatable bonds is 1. The fourth-order valence-corrected chi connectivity index (χ4v) is 2.77. The number of thiazole rings is 1. The van der Waals surface area contributed by atoms with Crippen molar-refractivity contribution in [3.63, 3.8) is 0 Å². The van der Waals surface area contributed by atoms with Gasteiger partial charge in [-0.05, 0) is 18.3 Å². The Kier molecular flexibility index (Phi) is 2.85. The molecule has 0 amide bonds. The summed E-state index contributed by atoms with van der Waals surface area (Å²) in [4.78, 5) is 32.8. The maximum absolute atomic E-state index is 12.3. The first-order chi connectivity index (χ1) is 9.08. The Hall–Kier alpha value is -1.77. The number of nitrogens with zero attached hydrogens (tertiary/aromatic N) is 2. The molecule has 9 heteroatoms. The zero-order valence-corrected chi connectivity index (χ0v) is 11.5. The van der Waals surface area contributed by atoms with E-state index in [0.29, 0.717) is 16.0 Å². The van der Waals surface area contributed by atoms with E-state index in [2.05, 4.69) is 15.0 Å². The average Bonchev–Trinajstić information content (AvgIpc) is 2.82. The van der Waals surface area contributed by atoms with Crippen molar-refractivity contribution in [2.24, 2.45) is 0 Å². The molecule has 6 nitrogen and oxygen atoms in total. The number of nitrogens with one attached hydrogen (secondary N) is 2. The molecule has 0 spiro atoms. The topological polar surface area (TPSA) is 83.5 Å². The van der Waals surface area contributed by atoms with Gasteiger partial charge in [-0.15, -0.1) is 11.3 Å². The summed E-state index contributed by atoms with van der Waals surface area (Å²) in [7, 11) is 0. The van der Waals surface area contributed by atoms with Crippen molar-refractivity contribution in [3.8, 4) is 5.69 Å². The van der Waals surface area contributed by atoms with Gasteiger partial charge in [0.05, 0.1) is 11.2 Å². The molecule has 3 rings (SSSR count). The first-order valence-corrected chi connectivity index (χ1v) is 6.71. The molecule has 0 aromatic carbocycles. The van der Waals surface area contributed by atoms with Crippen molar-refractivity contribution in [1.82, 2.24) is 19.5 Å². The molecule has 0 saturated heterocycles. The molecule has 3 aromatic heterocycles. The number of fused-ring (bicyclic) bond motifs is 1. The van der Waals surface area contributed by atoms with E-state index in [1.165, 1.54) is 28.2 Å². The fraction of sp³-hybridized carbons (Fsp3) is 0. The van der Waals surface area contributed by atoms with Crippen LogP contribution in [0.5, 0.6) is 0 Å². The Balaban J connectivity index is 2.42. The van der Waals surface area contributed by atoms with E-state index >= 15 is 0 Å². The highest BCUT2D eigenvalue weighted by atomic mass is 35.5. The summed E-state index contributed by atoms with van der Waals surface area (Å²) < 4.78 is 1.90. The molecule has 0 atom stereocenters. The molecule has 0 radical (unpaired) electrons. The summed E-state index contributed by atoms with van der Waals surface area (Å²) in [6.07, 6.45) is 1.38. The maximum Gasteiger partial charge on any atom is 0.278 e. The molecular weight excluding hydrogens is 308 g/mol. The van der Waals surface area contributed by atoms with Gasteiger partial charge in [-0.25, -0.2) is 4.98 Å². The van der Waals surface area contributed by atoms with Crippen LogP contribution < -0.4 is 11.1 Å². The Morgan fingerprint density at radius 3 is 2.95 bits per heavy atom. The van der Waals surface area contributed by atoms with Gasteiger partial charge < -0.3 is 9.97 Å². The molecule has 3 heterocycles. The Morgan fingerprint density at radius 2 is 2.21 bits per heavy atom. The number of hydrogen-bond donors (Lipinski definition) is 2. The molecule has 0 aliphatic rings. The Labute approximate surface area is 119 Å². The second kappa shape index (κ2) is 4.41. The molecule has 0 saturated carbocycles. The van der Waals surface area contributed by atoms with Crippen LogP contribution in [-0.4, -0.2) is 19.5 Å². The Morgan fingerprint density at radius 1 is 1.42 bits per heavy atom. The minimum Gasteiger partial charge on any atom is -0.326 e. The van der Waals surface area contributed by atoms with Crippen molar-refractivity contribution < 1.29 is 0 Å². The highest BCUT2D eigenvalue weighted by molar-refractivity contribution is 7.71. The molecule has 0 unspecified atom stereocenters. The van der Waals surface area contributed by atoms with Gasteiger partial charge in [0, 0.05) is 6.20 Å². The molecular formula is C10H5ClN4O2S2. The van der Waals surface area contributed by atoms with Gasteiger partial charge in [-0.2, -0.15) is 0 Å². The predicted molar refractivity (Wildman–Crippen MR) is 76.0 cm³/mol. The maximum atomic E-state index is 12.3. The number of halogens is 1. The van der Waals surface area contributed by atoms with Gasteiger partial charge in [0.1, 0.15) is 9.72 Å². The lowest BCUT2D eigenvalue weighted by molar-refractivity contribution is 0.927. The lowest BCUT2D eigenvalue weighted by Crippen LogP contribution is -2.21. The highest BCUT2D eigenvalue weighted by Crippen LogP contribution is 2.13. The van der Waals surface area contributed by atoms with E-state index in [-0.39, 0.29) is 15.4 Å². The standard InChI is InChI=1S/C10H5ClN4O2S2/c11-5-1-4(2-12-8(5)16)15-9(17)6-7(13-3-19-6)14-10(15)18/h1-3H,(H,12,16)(H,14,18). The summed E-state index contributed by atoms with van der Waals surface area (Å²) in [6.45, 7) is 0. The highest BCUT2D eigenvalue weighted by Gasteiger charge is 2.10. The third kappa shape index (κ3) is 1.93. The van der Waals surface area contributed by atoms with Crippen LogP contribution in [0.25, 0.3) is 16.0 Å². The molecule has 0 aliphatic heterocycles. The van der Waals surface area contributed by atoms with Gasteiger partial charge in [0.25, 0.3) is 11.1 Å². The lowest BCUT2D eigenvalue weighted by Gasteiger charge is -2.05. The monoisotopic (exact) mass is 312 g/mol. The van der Waals surface area contributed by atoms with E-state index in [1.54, 1.807) is 5.51 Å². The van der Waals surface area contributed by atoms with E-state index in [9.17, 15) is 9.59 Å². The molecule has 19 heavy (non-hydrogen) atoms. The van der Waals surface area contributed by atoms with Gasteiger partial charge in [0.15, 0.2) is 10.4 Å². The van der Waals surface area contributed by atoms with Crippen LogP contribution in [0.4, 0.5) is 0 Å². The zero-order valence-electron chi connectivity index (χ0n) is 9.14. The van der Waals surface area contributed by atoms with Crippen LogP contribution in [0, 0.1) is 4.77 Å². The molecule has 2 N–H and O–H groups in total. The third-order valence-electron chi connectivity index (χ3n) is 2.49. The summed E-state index contributed by atoms with van der Waals surface area (Å²) in [5.41, 5.74) is 1.68. The van der Waals surface area contributed by atoms with Gasteiger partial charge >= 0.3 is 0 Å². The quantitative estimate of drug-likeness (QED) is 0.672. The number of pyridine rings is 1. The summed E-state index contributed by atoms with van der Waals surface area (Å²) in [5.74, 6) is 0. The number of aromatic nitrogens is 4. The van der Waals surface area contributed by atoms with Crippen molar-refractivity contribution in [1.29, 1.82) is 0 Å². The number of aromatic amines is 2. The third-order valence-corrected chi connectivity index (χ3v) is 3.87. The van der Waals surface area contributed by atoms with E-state index in [4.69, 9.17) is 23.8 Å². The summed E-state index contributed by atoms with van der Waals surface area (Å²) in [6, 6.07) is 1.39. The normalized spacial score (nSPS) is 11.0. The van der Waals surface area contributed by atoms with Crippen LogP contribution >= 0.6 is 35.2 Å². The van der Waals surface area contributed by atoms with Crippen LogP contribution in [0.3, 0.4) is 0 Å². The first kappa shape index (κ1) is 12.3. The molecule has 96 valence electrons. The van der Waals surface area contributed by atoms with Crippen LogP contribution in [0.2, 0.25) is 5.02 Å². The predicted octanol–water partition coefficient (Wildman–Crippen LogP) is 1.85. The van der Waals surface area contributed by atoms with Crippen molar-refractivity contribution in [2.75, 3.05) is 0 Å². The first-order valence-electron chi connectivity index (χ1n) is 5.05. The molecule has 0 fully saturated rings. The smallest absolute Gasteiger partial charge is 0.278 e. The van der Waals surface area contributed by atoms with E-state index in [1.807, 2.05) is 0 Å². The van der Waals surface area contributed by atoms with Crippen molar-refractivity contribution >= 4 is 45.5 Å². The largest absolute Gasteiger partial charge is 0.326 e. The van der Waals surface area contributed by atoms with Crippen LogP contribution in [0.15, 0.2) is 27.4 Å². The van der Waals surface area contributed by atoms with Crippen molar-refractivity contribution in [3.05, 3.63) is 48.3 Å². The Bertz CT molecular complexity index is 952. The minimum absolute atomic E-state index is 0.0109. The van der Waals surface area contributed by atoms with E-state index < -0.39 is 5.56 Å². The van der Waals surface area contributed by atoms with Crippen LogP contribution in [0.1, 0.15) is 0 Å². The lowest BCUT2D eigenvalue weighted by atomic mass is 10.4. The number of H-pyrrole nitrogens is 2. The molecule has 0 bridgehead atoms. The minimum atomic E-state index is -0.424. The van der Waals surface area contributed by atoms with E-state index in [0.717, 1.165) is 0 Å². The SMILES string of the molecule is O=c1[nH]cc(-n2c(=S)[nH]c3ncsc3c2=O)cc1Cl. The van der Waals surface area contributed by atoms with Gasteiger partial charge in [-0.1, -0.05) is 11.6 Å².